The van der Waals surface area contributed by atoms with E-state index in [1.165, 1.54) is 20.3 Å². The molecule has 18 nitrogen and oxygen atoms in total. The molecule has 18 atom stereocenters. The standard InChI is InChI=1S/C45H80N4O14/c1-14-33-45(10,56)37(51)29(6)49(18-17-46-42(54)47-23-31-16-15-19-58-31)24-25(2)21-43(8,55)39(63-41-35(50)32(48(11)12)20-26(3)59-41)27(4)36(28(5)40(53)61-33)62-34-22-44(9,57-13)38(52)30(7)60-34/h15-16,19,25-30,32-39,41,50-52,55-56H,14,17-18,20-24H2,1-13H3,(H2,46,47,54)/t25-,26-,27-,28-,29-,30+,32+,33-,34-,35-,36-,37-,38+,39+,41+,43-,44-,45-/m1/s1. The lowest BCUT2D eigenvalue weighted by Gasteiger charge is -2.48. The molecule has 3 saturated heterocycles. The highest BCUT2D eigenvalue weighted by molar-refractivity contribution is 5.74. The van der Waals surface area contributed by atoms with Crippen molar-refractivity contribution in [1.82, 2.24) is 20.4 Å². The monoisotopic (exact) mass is 901 g/mol. The molecule has 63 heavy (non-hydrogen) atoms. The highest BCUT2D eigenvalue weighted by Crippen LogP contribution is 2.40. The van der Waals surface area contributed by atoms with Crippen LogP contribution in [0.5, 0.6) is 0 Å². The zero-order valence-electron chi connectivity index (χ0n) is 39.9. The SMILES string of the molecule is CC[C@H]1OC(=O)[C@H](C)[C@H](O[C@@H]2C[C@@](C)(OC)[C@@H](O)[C@H](C)O2)[C@@H](C)[C@H](O[C@@H]2O[C@H](C)C[C@H](N(C)C)[C@H]2O)[C@](C)(O)C[C@@H](C)CN(CCNC(=O)NCc2ccco2)[C@H](C)[C@@H](O)[C@]1(C)O. The Morgan fingerprint density at radius 2 is 1.67 bits per heavy atom. The lowest BCUT2D eigenvalue weighted by molar-refractivity contribution is -0.318. The summed E-state index contributed by atoms with van der Waals surface area (Å²) in [6, 6.07) is 2.00. The third-order valence-corrected chi connectivity index (χ3v) is 13.7. The number of carbonyl (C=O) groups is 2. The summed E-state index contributed by atoms with van der Waals surface area (Å²) < 4.78 is 43.2. The van der Waals surface area contributed by atoms with Gasteiger partial charge >= 0.3 is 12.0 Å². The van der Waals surface area contributed by atoms with Crippen LogP contribution >= 0.6 is 0 Å². The molecule has 0 unspecified atom stereocenters. The first-order valence-electron chi connectivity index (χ1n) is 22.7. The quantitative estimate of drug-likeness (QED) is 0.149. The molecule has 364 valence electrons. The summed E-state index contributed by atoms with van der Waals surface area (Å²) in [5.74, 6) is -2.35. The van der Waals surface area contributed by atoms with Gasteiger partial charge in [0.05, 0.1) is 54.3 Å². The number of nitrogens with zero attached hydrogens (tertiary/aromatic N) is 2. The van der Waals surface area contributed by atoms with Crippen LogP contribution in [0.1, 0.15) is 101 Å². The summed E-state index contributed by atoms with van der Waals surface area (Å²) >= 11 is 0. The number of aliphatic hydroxyl groups excluding tert-OH is 3. The number of furan rings is 1. The second-order valence-corrected chi connectivity index (χ2v) is 19.4. The highest BCUT2D eigenvalue weighted by Gasteiger charge is 2.53. The van der Waals surface area contributed by atoms with Crippen LogP contribution in [0.4, 0.5) is 4.79 Å². The van der Waals surface area contributed by atoms with E-state index >= 15 is 0 Å². The number of nitrogens with one attached hydrogen (secondary N) is 2. The van der Waals surface area contributed by atoms with Crippen LogP contribution < -0.4 is 10.6 Å². The summed E-state index contributed by atoms with van der Waals surface area (Å²) in [7, 11) is 5.23. The number of ether oxygens (including phenoxy) is 6. The van der Waals surface area contributed by atoms with Crippen LogP contribution in [0, 0.1) is 17.8 Å². The molecule has 7 N–H and O–H groups in total. The molecule has 0 aliphatic carbocycles. The van der Waals surface area contributed by atoms with E-state index < -0.39 is 102 Å². The minimum atomic E-state index is -1.94. The molecule has 1 aromatic heterocycles. The largest absolute Gasteiger partial charge is 0.467 e. The first-order chi connectivity index (χ1) is 29.4. The van der Waals surface area contributed by atoms with Crippen molar-refractivity contribution in [3.63, 3.8) is 0 Å². The third kappa shape index (κ3) is 13.1. The van der Waals surface area contributed by atoms with Crippen molar-refractivity contribution < 1.29 is 68.0 Å². The molecule has 0 saturated carbocycles. The second kappa shape index (κ2) is 22.4. The first kappa shape index (κ1) is 53.2. The number of hydrogen-bond acceptors (Lipinski definition) is 16. The maximum absolute atomic E-state index is 14.5. The van der Waals surface area contributed by atoms with Crippen LogP contribution in [0.25, 0.3) is 0 Å². The van der Waals surface area contributed by atoms with Gasteiger partial charge in [0, 0.05) is 51.2 Å². The smallest absolute Gasteiger partial charge is 0.315 e. The Bertz CT molecular complexity index is 1570. The van der Waals surface area contributed by atoms with E-state index in [9.17, 15) is 35.1 Å². The van der Waals surface area contributed by atoms with Crippen LogP contribution in [-0.2, 0) is 39.8 Å². The van der Waals surface area contributed by atoms with Crippen molar-refractivity contribution in [2.75, 3.05) is 40.8 Å². The fraction of sp³-hybridized carbons (Fsp3) is 0.867. The van der Waals surface area contributed by atoms with E-state index in [1.807, 2.05) is 37.7 Å². The van der Waals surface area contributed by atoms with Crippen molar-refractivity contribution in [1.29, 1.82) is 0 Å². The molecule has 4 rings (SSSR count). The van der Waals surface area contributed by atoms with Gasteiger partial charge in [-0.2, -0.15) is 0 Å². The van der Waals surface area contributed by atoms with Gasteiger partial charge in [0.1, 0.15) is 35.8 Å². The molecule has 1 aromatic rings. The number of aliphatic hydroxyl groups is 5. The van der Waals surface area contributed by atoms with Crippen molar-refractivity contribution >= 4 is 12.0 Å². The number of esters is 1. The zero-order valence-corrected chi connectivity index (χ0v) is 39.9. The average Bonchev–Trinajstić information content (AvgIpc) is 3.74. The van der Waals surface area contributed by atoms with Crippen LogP contribution in [0.2, 0.25) is 0 Å². The van der Waals surface area contributed by atoms with E-state index in [0.717, 1.165) is 0 Å². The minimum Gasteiger partial charge on any atom is -0.467 e. The fourth-order valence-corrected chi connectivity index (χ4v) is 9.85. The van der Waals surface area contributed by atoms with Gasteiger partial charge in [0.15, 0.2) is 12.6 Å². The Hall–Kier alpha value is -2.46. The molecule has 0 radical (unpaired) electrons. The van der Waals surface area contributed by atoms with Crippen LogP contribution in [0.15, 0.2) is 22.8 Å². The third-order valence-electron chi connectivity index (χ3n) is 13.7. The molecule has 4 heterocycles. The van der Waals surface area contributed by atoms with Gasteiger partial charge in [-0.3, -0.25) is 9.69 Å². The van der Waals surface area contributed by atoms with E-state index in [-0.39, 0.29) is 57.0 Å². The van der Waals surface area contributed by atoms with Crippen molar-refractivity contribution in [2.45, 2.75) is 192 Å². The molecule has 0 aromatic carbocycles. The highest BCUT2D eigenvalue weighted by atomic mass is 16.7. The Kier molecular flexibility index (Phi) is 18.9. The van der Waals surface area contributed by atoms with Gasteiger partial charge < -0.3 is 73.9 Å². The maximum atomic E-state index is 14.5. The number of carbonyl (C=O) groups excluding carboxylic acids is 2. The predicted molar refractivity (Wildman–Crippen MR) is 232 cm³/mol. The first-order valence-corrected chi connectivity index (χ1v) is 22.7. The van der Waals surface area contributed by atoms with E-state index in [4.69, 9.17) is 32.8 Å². The molecule has 18 heteroatoms. The van der Waals surface area contributed by atoms with Gasteiger partial charge in [0.2, 0.25) is 0 Å². The molecule has 0 bridgehead atoms. The average molecular weight is 901 g/mol. The second-order valence-electron chi connectivity index (χ2n) is 19.4. The number of urea groups is 1. The summed E-state index contributed by atoms with van der Waals surface area (Å²) in [6.45, 7) is 18.2. The van der Waals surface area contributed by atoms with E-state index in [0.29, 0.717) is 18.7 Å². The topological polar surface area (TPSA) is 234 Å². The van der Waals surface area contributed by atoms with Crippen molar-refractivity contribution in [3.05, 3.63) is 24.2 Å². The fourth-order valence-electron chi connectivity index (χ4n) is 9.85. The summed E-state index contributed by atoms with van der Waals surface area (Å²) in [4.78, 5) is 31.1. The Balaban J connectivity index is 1.76. The molecule has 3 aliphatic rings. The van der Waals surface area contributed by atoms with Gasteiger partial charge in [-0.15, -0.1) is 0 Å². The number of likely N-dealkylation sites (N-methyl/N-ethyl adjacent to an activating group) is 1. The normalized spacial score (nSPS) is 42.8. The maximum Gasteiger partial charge on any atom is 0.315 e. The summed E-state index contributed by atoms with van der Waals surface area (Å²) in [6.07, 6.45) is -7.65. The van der Waals surface area contributed by atoms with Gasteiger partial charge in [-0.25, -0.2) is 4.79 Å². The Labute approximate surface area is 374 Å². The number of hydrogen-bond donors (Lipinski definition) is 7. The molecular weight excluding hydrogens is 821 g/mol. The van der Waals surface area contributed by atoms with Crippen LogP contribution in [0.3, 0.4) is 0 Å². The molecule has 3 aliphatic heterocycles. The lowest BCUT2D eigenvalue weighted by Crippen LogP contribution is -2.60. The summed E-state index contributed by atoms with van der Waals surface area (Å²) in [5, 5.41) is 65.2. The van der Waals surface area contributed by atoms with E-state index in [1.54, 1.807) is 60.6 Å². The Morgan fingerprint density at radius 1 is 0.984 bits per heavy atom. The number of cyclic esters (lactones) is 1. The molecule has 2 amide bonds. The number of rotatable bonds is 12. The number of amides is 2. The lowest BCUT2D eigenvalue weighted by atomic mass is 9.77. The van der Waals surface area contributed by atoms with Crippen LogP contribution in [-0.4, -0.2) is 178 Å². The van der Waals surface area contributed by atoms with Gasteiger partial charge in [-0.1, -0.05) is 20.8 Å². The molecule has 0 spiro atoms. The zero-order chi connectivity index (χ0) is 47.2. The molecular formula is C45H80N4O14. The van der Waals surface area contributed by atoms with Crippen molar-refractivity contribution in [3.8, 4) is 0 Å². The minimum absolute atomic E-state index is 0.0954. The Morgan fingerprint density at radius 3 is 2.27 bits per heavy atom. The summed E-state index contributed by atoms with van der Waals surface area (Å²) in [5.41, 5.74) is -4.67. The van der Waals surface area contributed by atoms with Gasteiger partial charge in [-0.05, 0) is 99.9 Å². The van der Waals surface area contributed by atoms with E-state index in [2.05, 4.69) is 10.6 Å². The number of methoxy groups -OCH3 is 1. The molecule has 3 fully saturated rings. The van der Waals surface area contributed by atoms with Crippen molar-refractivity contribution in [2.24, 2.45) is 17.8 Å². The predicted octanol–water partition coefficient (Wildman–Crippen LogP) is 2.36. The van der Waals surface area contributed by atoms with Gasteiger partial charge in [0.25, 0.3) is 0 Å².